The Morgan fingerprint density at radius 2 is 1.73 bits per heavy atom. The molecule has 76 valence electrons. The van der Waals surface area contributed by atoms with Crippen LogP contribution in [0.4, 0.5) is 0 Å². The molecule has 1 aromatic carbocycles. The zero-order valence-corrected chi connectivity index (χ0v) is 11.0. The molecule has 1 rings (SSSR count). The van der Waals surface area contributed by atoms with Gasteiger partial charge >= 0.3 is 29.6 Å². The Hall–Kier alpha value is -0.400. The SMILES string of the molecule is NC(=O)c1ccc(CS(=O)(=O)[O-])cc1.[Na+]. The molecule has 0 aromatic heterocycles. The van der Waals surface area contributed by atoms with Gasteiger partial charge in [-0.25, -0.2) is 8.42 Å². The maximum absolute atomic E-state index is 10.6. The molecule has 0 heterocycles. The summed E-state index contributed by atoms with van der Waals surface area (Å²) in [6.07, 6.45) is 0. The van der Waals surface area contributed by atoms with Crippen molar-refractivity contribution in [1.82, 2.24) is 0 Å². The third kappa shape index (κ3) is 5.29. The molecule has 1 amide bonds. The van der Waals surface area contributed by atoms with E-state index in [2.05, 4.69) is 0 Å². The number of carbonyl (C=O) groups excluding carboxylic acids is 1. The summed E-state index contributed by atoms with van der Waals surface area (Å²) in [5.41, 5.74) is 5.59. The Bertz CT molecular complexity index is 440. The molecule has 7 heteroatoms. The van der Waals surface area contributed by atoms with E-state index in [9.17, 15) is 17.8 Å². The summed E-state index contributed by atoms with van der Waals surface area (Å²) in [4.78, 5) is 10.6. The average Bonchev–Trinajstić information content (AvgIpc) is 2.02. The Balaban J connectivity index is 0.00000196. The fourth-order valence-corrected chi connectivity index (χ4v) is 1.57. The zero-order valence-electron chi connectivity index (χ0n) is 8.14. The van der Waals surface area contributed by atoms with Gasteiger partial charge in [-0.15, -0.1) is 0 Å². The van der Waals surface area contributed by atoms with Gasteiger partial charge in [0.2, 0.25) is 5.91 Å². The number of rotatable bonds is 3. The van der Waals surface area contributed by atoms with E-state index < -0.39 is 21.8 Å². The third-order valence-electron chi connectivity index (χ3n) is 1.58. The van der Waals surface area contributed by atoms with Crippen molar-refractivity contribution in [1.29, 1.82) is 0 Å². The van der Waals surface area contributed by atoms with E-state index in [0.717, 1.165) is 0 Å². The van der Waals surface area contributed by atoms with Crippen molar-refractivity contribution in [2.75, 3.05) is 0 Å². The number of primary amides is 1. The van der Waals surface area contributed by atoms with Gasteiger partial charge < -0.3 is 10.3 Å². The molecule has 0 atom stereocenters. The van der Waals surface area contributed by atoms with Crippen LogP contribution in [-0.2, 0) is 15.9 Å². The fourth-order valence-electron chi connectivity index (χ4n) is 0.969. The van der Waals surface area contributed by atoms with Crippen molar-refractivity contribution in [2.45, 2.75) is 5.75 Å². The predicted molar refractivity (Wildman–Crippen MR) is 48.4 cm³/mol. The van der Waals surface area contributed by atoms with Crippen LogP contribution >= 0.6 is 0 Å². The number of carbonyl (C=O) groups is 1. The van der Waals surface area contributed by atoms with Crippen LogP contribution < -0.4 is 35.3 Å². The van der Waals surface area contributed by atoms with Gasteiger partial charge in [0.05, 0.1) is 15.9 Å². The van der Waals surface area contributed by atoms with Crippen molar-refractivity contribution < 1.29 is 47.3 Å². The van der Waals surface area contributed by atoms with Crippen LogP contribution in [0.3, 0.4) is 0 Å². The van der Waals surface area contributed by atoms with Gasteiger partial charge in [0.25, 0.3) is 0 Å². The first-order valence-corrected chi connectivity index (χ1v) is 5.28. The molecule has 0 saturated heterocycles. The van der Waals surface area contributed by atoms with Gasteiger partial charge in [0, 0.05) is 5.56 Å². The second-order valence-electron chi connectivity index (χ2n) is 2.76. The molecule has 0 radical (unpaired) electrons. The summed E-state index contributed by atoms with van der Waals surface area (Å²) in [6.45, 7) is 0. The third-order valence-corrected chi connectivity index (χ3v) is 2.27. The first-order chi connectivity index (χ1) is 6.38. The van der Waals surface area contributed by atoms with E-state index in [-0.39, 0.29) is 35.1 Å². The van der Waals surface area contributed by atoms with Crippen molar-refractivity contribution in [3.8, 4) is 0 Å². The van der Waals surface area contributed by atoms with Gasteiger partial charge in [-0.05, 0) is 17.7 Å². The predicted octanol–water partition coefficient (Wildman–Crippen LogP) is -3.17. The van der Waals surface area contributed by atoms with Crippen LogP contribution in [0.15, 0.2) is 24.3 Å². The van der Waals surface area contributed by atoms with Crippen LogP contribution in [-0.4, -0.2) is 18.9 Å². The second-order valence-corrected chi connectivity index (χ2v) is 4.17. The summed E-state index contributed by atoms with van der Waals surface area (Å²) in [5, 5.41) is 0. The van der Waals surface area contributed by atoms with Gasteiger partial charge in [-0.3, -0.25) is 4.79 Å². The number of hydrogen-bond donors (Lipinski definition) is 1. The first kappa shape index (κ1) is 14.6. The van der Waals surface area contributed by atoms with E-state index in [4.69, 9.17) is 5.73 Å². The van der Waals surface area contributed by atoms with Crippen LogP contribution in [0.25, 0.3) is 0 Å². The van der Waals surface area contributed by atoms with Crippen LogP contribution in [0.1, 0.15) is 15.9 Å². The zero-order chi connectivity index (χ0) is 10.8. The van der Waals surface area contributed by atoms with Gasteiger partial charge in [0.15, 0.2) is 0 Å². The Kier molecular flexibility index (Phi) is 5.47. The smallest absolute Gasteiger partial charge is 0.748 e. The van der Waals surface area contributed by atoms with Crippen LogP contribution in [0.5, 0.6) is 0 Å². The maximum atomic E-state index is 10.6. The van der Waals surface area contributed by atoms with Crippen molar-refractivity contribution in [3.63, 3.8) is 0 Å². The van der Waals surface area contributed by atoms with Crippen molar-refractivity contribution in [3.05, 3.63) is 35.4 Å². The van der Waals surface area contributed by atoms with Crippen molar-refractivity contribution >= 4 is 16.0 Å². The normalized spacial score (nSPS) is 10.5. The summed E-state index contributed by atoms with van der Waals surface area (Å²) in [7, 11) is -4.28. The van der Waals surface area contributed by atoms with Crippen molar-refractivity contribution in [2.24, 2.45) is 5.73 Å². The van der Waals surface area contributed by atoms with E-state index in [1.807, 2.05) is 0 Å². The van der Waals surface area contributed by atoms with Gasteiger partial charge in [-0.2, -0.15) is 0 Å². The van der Waals surface area contributed by atoms with E-state index in [1.54, 1.807) is 0 Å². The molecule has 5 nitrogen and oxygen atoms in total. The molecule has 0 spiro atoms. The molecule has 0 aliphatic rings. The molecule has 0 fully saturated rings. The minimum Gasteiger partial charge on any atom is -0.748 e. The second kappa shape index (κ2) is 5.62. The Morgan fingerprint density at radius 1 is 1.27 bits per heavy atom. The quantitative estimate of drug-likeness (QED) is 0.443. The molecule has 0 aliphatic carbocycles. The molecule has 0 unspecified atom stereocenters. The number of amides is 1. The topological polar surface area (TPSA) is 100 Å². The van der Waals surface area contributed by atoms with Gasteiger partial charge in [0.1, 0.15) is 0 Å². The molecule has 2 N–H and O–H groups in total. The monoisotopic (exact) mass is 237 g/mol. The molecule has 0 aliphatic heterocycles. The van der Waals surface area contributed by atoms with E-state index in [1.165, 1.54) is 24.3 Å². The van der Waals surface area contributed by atoms with E-state index in [0.29, 0.717) is 5.56 Å². The minimum atomic E-state index is -4.28. The maximum Gasteiger partial charge on any atom is 1.00 e. The Labute approximate surface area is 110 Å². The molecular weight excluding hydrogens is 229 g/mol. The number of nitrogens with two attached hydrogens (primary N) is 1. The Morgan fingerprint density at radius 3 is 2.07 bits per heavy atom. The summed E-state index contributed by atoms with van der Waals surface area (Å²) in [5.74, 6) is -1.17. The summed E-state index contributed by atoms with van der Waals surface area (Å²) in [6, 6.07) is 5.52. The van der Waals surface area contributed by atoms with Gasteiger partial charge in [-0.1, -0.05) is 12.1 Å². The minimum absolute atomic E-state index is 0. The van der Waals surface area contributed by atoms with Crippen LogP contribution in [0.2, 0.25) is 0 Å². The number of hydrogen-bond acceptors (Lipinski definition) is 4. The largest absolute Gasteiger partial charge is 1.00 e. The van der Waals surface area contributed by atoms with E-state index >= 15 is 0 Å². The molecule has 0 saturated carbocycles. The molecular formula is C8H8NNaO4S. The first-order valence-electron chi connectivity index (χ1n) is 3.71. The standard InChI is InChI=1S/C8H9NO4S.Na/c9-8(10)7-3-1-6(2-4-7)5-14(11,12)13;/h1-4H,5H2,(H2,9,10)(H,11,12,13);/q;+1/p-1. The summed E-state index contributed by atoms with van der Waals surface area (Å²) < 4.78 is 31.1. The average molecular weight is 237 g/mol. The van der Waals surface area contributed by atoms with Crippen LogP contribution in [0, 0.1) is 0 Å². The molecule has 15 heavy (non-hydrogen) atoms. The molecule has 1 aromatic rings. The summed E-state index contributed by atoms with van der Waals surface area (Å²) >= 11 is 0. The fraction of sp³-hybridized carbons (Fsp3) is 0.125. The molecule has 0 bridgehead atoms. The number of benzene rings is 1.